The second kappa shape index (κ2) is 11.6. The number of benzene rings is 7. The van der Waals surface area contributed by atoms with Gasteiger partial charge in [0, 0.05) is 54.7 Å². The summed E-state index contributed by atoms with van der Waals surface area (Å²) in [5.41, 5.74) is 17.4. The van der Waals surface area contributed by atoms with Crippen molar-refractivity contribution in [2.24, 2.45) is 0 Å². The molecule has 0 unspecified atom stereocenters. The van der Waals surface area contributed by atoms with Crippen molar-refractivity contribution in [2.45, 2.75) is 40.0 Å². The molecule has 8 aromatic rings. The molecule has 0 saturated heterocycles. The Balaban J connectivity index is 1.20. The van der Waals surface area contributed by atoms with E-state index in [9.17, 15) is 0 Å². The summed E-state index contributed by atoms with van der Waals surface area (Å²) in [5, 5.41) is 2.66. The molecule has 1 aromatic heterocycles. The van der Waals surface area contributed by atoms with E-state index >= 15 is 0 Å². The first-order chi connectivity index (χ1) is 26.0. The molecule has 11 rings (SSSR count). The molecule has 0 fully saturated rings. The molecule has 3 aliphatic rings. The van der Waals surface area contributed by atoms with Gasteiger partial charge in [-0.15, -0.1) is 11.3 Å². The third-order valence-corrected chi connectivity index (χ3v) is 12.8. The standard InChI is InChI=1S/C48H37BN2OS/c1-29-12-18-34(19-13-29)50(35-20-14-30(2)15-21-35)36-25-43-47-45(26-36)52-44-27-39-38-22-17-32-8-7-11-37(32)48(38)53-46(39)28-41(44)49(47)40-24-31(3)16-23-42(40)51(43)33-9-5-4-6-10-33/h4-6,9-10,12-28H,7-8,11H2,1-3H3. The summed E-state index contributed by atoms with van der Waals surface area (Å²) in [5.74, 6) is 1.86. The number of fused-ring (bicyclic) bond motifs is 9. The first kappa shape index (κ1) is 30.8. The minimum Gasteiger partial charge on any atom is -0.458 e. The largest absolute Gasteiger partial charge is 0.458 e. The number of thiophene rings is 1. The van der Waals surface area contributed by atoms with Gasteiger partial charge in [-0.3, -0.25) is 0 Å². The summed E-state index contributed by atoms with van der Waals surface area (Å²) in [4.78, 5) is 4.82. The first-order valence-electron chi connectivity index (χ1n) is 18.7. The van der Waals surface area contributed by atoms with Crippen LogP contribution in [0.3, 0.4) is 0 Å². The zero-order chi connectivity index (χ0) is 35.4. The normalized spacial score (nSPS) is 13.8. The molecule has 1 aliphatic carbocycles. The SMILES string of the molecule is Cc1ccc(N(c2ccc(C)cc2)c2cc3c4c(c2)N(c2ccccc2)c2ccc(C)cc2B4c2cc4sc5c6c(ccc5c4cc2O3)CCC6)cc1. The van der Waals surface area contributed by atoms with Crippen molar-refractivity contribution in [3.8, 4) is 11.5 Å². The van der Waals surface area contributed by atoms with Gasteiger partial charge < -0.3 is 14.5 Å². The third kappa shape index (κ3) is 4.73. The Hall–Kier alpha value is -5.78. The Bertz CT molecular complexity index is 2720. The number of ether oxygens (including phenoxy) is 1. The summed E-state index contributed by atoms with van der Waals surface area (Å²) in [7, 11) is 0. The van der Waals surface area contributed by atoms with Crippen molar-refractivity contribution in [2.75, 3.05) is 9.80 Å². The smallest absolute Gasteiger partial charge is 0.256 e. The van der Waals surface area contributed by atoms with Gasteiger partial charge in [-0.1, -0.05) is 83.4 Å². The molecule has 3 nitrogen and oxygen atoms in total. The molecule has 0 atom stereocenters. The van der Waals surface area contributed by atoms with Crippen LogP contribution in [0.15, 0.2) is 133 Å². The van der Waals surface area contributed by atoms with Crippen LogP contribution in [0, 0.1) is 20.8 Å². The summed E-state index contributed by atoms with van der Waals surface area (Å²) in [6.07, 6.45) is 3.62. The molecule has 254 valence electrons. The Labute approximate surface area is 314 Å². The number of para-hydroxylation sites is 1. The van der Waals surface area contributed by atoms with Gasteiger partial charge in [-0.25, -0.2) is 0 Å². The monoisotopic (exact) mass is 700 g/mol. The Morgan fingerprint density at radius 2 is 1.34 bits per heavy atom. The molecule has 7 aromatic carbocycles. The van der Waals surface area contributed by atoms with Crippen LogP contribution in [0.1, 0.15) is 34.2 Å². The van der Waals surface area contributed by atoms with E-state index in [0.717, 1.165) is 39.9 Å². The molecule has 0 saturated carbocycles. The van der Waals surface area contributed by atoms with Crippen molar-refractivity contribution in [1.82, 2.24) is 0 Å². The van der Waals surface area contributed by atoms with E-state index in [4.69, 9.17) is 4.74 Å². The van der Waals surface area contributed by atoms with Crippen LogP contribution in [0.4, 0.5) is 34.1 Å². The summed E-state index contributed by atoms with van der Waals surface area (Å²) in [6.45, 7) is 6.53. The van der Waals surface area contributed by atoms with Gasteiger partial charge in [0.15, 0.2) is 0 Å². The van der Waals surface area contributed by atoms with Gasteiger partial charge in [0.25, 0.3) is 6.71 Å². The van der Waals surface area contributed by atoms with E-state index < -0.39 is 0 Å². The topological polar surface area (TPSA) is 15.7 Å². The van der Waals surface area contributed by atoms with Gasteiger partial charge in [0.05, 0.1) is 5.69 Å². The van der Waals surface area contributed by atoms with Gasteiger partial charge in [-0.05, 0) is 128 Å². The number of hydrogen-bond donors (Lipinski definition) is 0. The fourth-order valence-corrected chi connectivity index (χ4v) is 10.4. The molecule has 0 N–H and O–H groups in total. The van der Waals surface area contributed by atoms with Gasteiger partial charge in [0.1, 0.15) is 11.5 Å². The number of anilines is 6. The van der Waals surface area contributed by atoms with Crippen LogP contribution in [-0.4, -0.2) is 6.71 Å². The highest BCUT2D eigenvalue weighted by Crippen LogP contribution is 2.47. The predicted octanol–water partition coefficient (Wildman–Crippen LogP) is 11.3. The average molecular weight is 701 g/mol. The maximum atomic E-state index is 7.22. The van der Waals surface area contributed by atoms with Crippen molar-refractivity contribution in [3.05, 3.63) is 161 Å². The van der Waals surface area contributed by atoms with Crippen LogP contribution in [0.5, 0.6) is 11.5 Å². The van der Waals surface area contributed by atoms with Crippen LogP contribution in [0.2, 0.25) is 0 Å². The van der Waals surface area contributed by atoms with Crippen molar-refractivity contribution in [1.29, 1.82) is 0 Å². The zero-order valence-electron chi connectivity index (χ0n) is 30.1. The lowest BCUT2D eigenvalue weighted by Crippen LogP contribution is -2.59. The molecule has 53 heavy (non-hydrogen) atoms. The van der Waals surface area contributed by atoms with E-state index in [-0.39, 0.29) is 6.71 Å². The highest BCUT2D eigenvalue weighted by Gasteiger charge is 2.43. The van der Waals surface area contributed by atoms with Crippen LogP contribution < -0.4 is 30.9 Å². The minimum absolute atomic E-state index is 0.0280. The van der Waals surface area contributed by atoms with Crippen molar-refractivity contribution >= 4 is 88.7 Å². The summed E-state index contributed by atoms with van der Waals surface area (Å²) >= 11 is 1.97. The molecule has 0 spiro atoms. The van der Waals surface area contributed by atoms with Crippen molar-refractivity contribution in [3.63, 3.8) is 0 Å². The third-order valence-electron chi connectivity index (χ3n) is 11.6. The van der Waals surface area contributed by atoms with E-state index in [1.807, 2.05) is 11.3 Å². The van der Waals surface area contributed by atoms with Gasteiger partial charge >= 0.3 is 0 Å². The average Bonchev–Trinajstić information content (AvgIpc) is 3.80. The van der Waals surface area contributed by atoms with Crippen LogP contribution >= 0.6 is 11.3 Å². The lowest BCUT2D eigenvalue weighted by molar-refractivity contribution is 0.488. The lowest BCUT2D eigenvalue weighted by atomic mass is 9.34. The quantitative estimate of drug-likeness (QED) is 0.170. The fraction of sp³-hybridized carbons (Fsp3) is 0.125. The summed E-state index contributed by atoms with van der Waals surface area (Å²) in [6, 6.07) is 49.7. The van der Waals surface area contributed by atoms with Gasteiger partial charge in [0.2, 0.25) is 0 Å². The maximum Gasteiger partial charge on any atom is 0.256 e. The van der Waals surface area contributed by atoms with E-state index in [2.05, 4.69) is 164 Å². The molecule has 0 radical (unpaired) electrons. The maximum absolute atomic E-state index is 7.22. The van der Waals surface area contributed by atoms with Crippen LogP contribution in [-0.2, 0) is 12.8 Å². The first-order valence-corrected chi connectivity index (χ1v) is 19.6. The molecule has 5 heteroatoms. The summed E-state index contributed by atoms with van der Waals surface area (Å²) < 4.78 is 10.0. The van der Waals surface area contributed by atoms with E-state index in [0.29, 0.717) is 0 Å². The molecule has 3 heterocycles. The lowest BCUT2D eigenvalue weighted by Gasteiger charge is -2.41. The highest BCUT2D eigenvalue weighted by atomic mass is 32.1. The molecular weight excluding hydrogens is 663 g/mol. The van der Waals surface area contributed by atoms with Crippen LogP contribution in [0.25, 0.3) is 20.2 Å². The van der Waals surface area contributed by atoms with Gasteiger partial charge in [-0.2, -0.15) is 0 Å². The number of hydrogen-bond acceptors (Lipinski definition) is 4. The molecule has 2 aliphatic heterocycles. The predicted molar refractivity (Wildman–Crippen MR) is 226 cm³/mol. The number of nitrogens with zero attached hydrogens (tertiary/aromatic N) is 2. The number of aryl methyl sites for hydroxylation is 5. The Kier molecular flexibility index (Phi) is 6.75. The Morgan fingerprint density at radius 3 is 2.09 bits per heavy atom. The second-order valence-electron chi connectivity index (χ2n) is 15.1. The zero-order valence-corrected chi connectivity index (χ0v) is 30.9. The number of rotatable bonds is 4. The Morgan fingerprint density at radius 1 is 0.604 bits per heavy atom. The fourth-order valence-electron chi connectivity index (χ4n) is 9.07. The second-order valence-corrected chi connectivity index (χ2v) is 16.1. The highest BCUT2D eigenvalue weighted by molar-refractivity contribution is 7.26. The molecule has 0 amide bonds. The molecule has 0 bridgehead atoms. The molecular formula is C48H37BN2OS. The van der Waals surface area contributed by atoms with E-state index in [1.54, 1.807) is 5.56 Å². The van der Waals surface area contributed by atoms with E-state index in [1.165, 1.54) is 83.8 Å². The van der Waals surface area contributed by atoms with Crippen molar-refractivity contribution < 1.29 is 4.74 Å². The minimum atomic E-state index is 0.0280.